The molecule has 0 aliphatic carbocycles. The Labute approximate surface area is 112 Å². The van der Waals surface area contributed by atoms with E-state index in [-0.39, 0.29) is 0 Å². The quantitative estimate of drug-likeness (QED) is 0.791. The summed E-state index contributed by atoms with van der Waals surface area (Å²) in [6.07, 6.45) is 1.15. The first-order valence-corrected chi connectivity index (χ1v) is 6.96. The molecule has 0 spiro atoms. The van der Waals surface area contributed by atoms with Gasteiger partial charge in [-0.05, 0) is 36.6 Å². The van der Waals surface area contributed by atoms with E-state index in [1.807, 2.05) is 0 Å². The van der Waals surface area contributed by atoms with Crippen molar-refractivity contribution in [3.8, 4) is 0 Å². The van der Waals surface area contributed by atoms with Crippen LogP contribution in [0.3, 0.4) is 0 Å². The topological polar surface area (TPSA) is 6.48 Å². The van der Waals surface area contributed by atoms with Crippen LogP contribution in [0.4, 0.5) is 5.69 Å². The second kappa shape index (κ2) is 5.31. The Kier molecular flexibility index (Phi) is 3.96. The van der Waals surface area contributed by atoms with Crippen molar-refractivity contribution >= 4 is 5.69 Å². The van der Waals surface area contributed by atoms with E-state index in [1.54, 1.807) is 0 Å². The summed E-state index contributed by atoms with van der Waals surface area (Å²) in [5.74, 6) is 0. The molecule has 1 heterocycles. The number of nitrogens with zero attached hydrogens (tertiary/aromatic N) is 2. The molecule has 0 amide bonds. The average molecular weight is 246 g/mol. The van der Waals surface area contributed by atoms with E-state index in [0.717, 1.165) is 19.5 Å². The van der Waals surface area contributed by atoms with Gasteiger partial charge in [-0.2, -0.15) is 0 Å². The molecule has 0 aromatic heterocycles. The van der Waals surface area contributed by atoms with Crippen molar-refractivity contribution in [2.45, 2.75) is 27.2 Å². The maximum absolute atomic E-state index is 2.49. The van der Waals surface area contributed by atoms with Gasteiger partial charge >= 0.3 is 0 Å². The predicted molar refractivity (Wildman–Crippen MR) is 79.3 cm³/mol. The van der Waals surface area contributed by atoms with Gasteiger partial charge in [0.15, 0.2) is 0 Å². The Morgan fingerprint density at radius 3 is 2.00 bits per heavy atom. The van der Waals surface area contributed by atoms with Crippen molar-refractivity contribution < 1.29 is 0 Å². The smallest absolute Gasteiger partial charge is 0.0367 e. The van der Waals surface area contributed by atoms with Crippen molar-refractivity contribution in [3.05, 3.63) is 29.8 Å². The highest BCUT2D eigenvalue weighted by Gasteiger charge is 2.15. The minimum Gasteiger partial charge on any atom is -0.369 e. The Morgan fingerprint density at radius 1 is 0.944 bits per heavy atom. The van der Waals surface area contributed by atoms with Crippen LogP contribution in [-0.4, -0.2) is 38.1 Å². The van der Waals surface area contributed by atoms with Crippen LogP contribution in [-0.2, 0) is 6.42 Å². The summed E-state index contributed by atoms with van der Waals surface area (Å²) in [7, 11) is 2.20. The zero-order valence-corrected chi connectivity index (χ0v) is 12.2. The summed E-state index contributed by atoms with van der Waals surface area (Å²) in [6, 6.07) is 9.15. The highest BCUT2D eigenvalue weighted by atomic mass is 15.2. The number of hydrogen-bond acceptors (Lipinski definition) is 2. The Bertz CT molecular complexity index is 367. The summed E-state index contributed by atoms with van der Waals surface area (Å²) in [5.41, 5.74) is 3.19. The third kappa shape index (κ3) is 3.74. The molecule has 1 fully saturated rings. The molecule has 0 unspecified atom stereocenters. The molecule has 1 aliphatic rings. The molecular formula is C16H26N2. The normalized spacial score (nSPS) is 18.1. The Hall–Kier alpha value is -1.02. The zero-order chi connectivity index (χ0) is 13.2. The van der Waals surface area contributed by atoms with E-state index in [1.165, 1.54) is 24.3 Å². The van der Waals surface area contributed by atoms with Gasteiger partial charge in [0, 0.05) is 31.9 Å². The van der Waals surface area contributed by atoms with Crippen molar-refractivity contribution in [1.29, 1.82) is 0 Å². The lowest BCUT2D eigenvalue weighted by atomic mass is 9.88. The molecule has 1 aromatic rings. The fraction of sp³-hybridized carbons (Fsp3) is 0.625. The van der Waals surface area contributed by atoms with Crippen LogP contribution < -0.4 is 4.90 Å². The third-order valence-corrected chi connectivity index (χ3v) is 3.54. The van der Waals surface area contributed by atoms with Crippen molar-refractivity contribution in [2.24, 2.45) is 5.41 Å². The summed E-state index contributed by atoms with van der Waals surface area (Å²) < 4.78 is 0. The molecular weight excluding hydrogens is 220 g/mol. The van der Waals surface area contributed by atoms with Gasteiger partial charge in [-0.3, -0.25) is 0 Å². The molecule has 2 heteroatoms. The molecule has 2 nitrogen and oxygen atoms in total. The number of rotatable bonds is 2. The van der Waals surface area contributed by atoms with Crippen LogP contribution in [0.15, 0.2) is 24.3 Å². The van der Waals surface area contributed by atoms with E-state index in [9.17, 15) is 0 Å². The molecule has 0 N–H and O–H groups in total. The fourth-order valence-corrected chi connectivity index (χ4v) is 2.50. The Balaban J connectivity index is 1.99. The van der Waals surface area contributed by atoms with Gasteiger partial charge in [0.25, 0.3) is 0 Å². The van der Waals surface area contributed by atoms with Crippen LogP contribution in [0.1, 0.15) is 26.3 Å². The lowest BCUT2D eigenvalue weighted by Crippen LogP contribution is -2.44. The molecule has 0 bridgehead atoms. The first-order valence-electron chi connectivity index (χ1n) is 6.96. The SMILES string of the molecule is CN1CCN(c2ccc(CC(C)(C)C)cc2)CC1. The lowest BCUT2D eigenvalue weighted by Gasteiger charge is -2.34. The summed E-state index contributed by atoms with van der Waals surface area (Å²) in [4.78, 5) is 4.88. The lowest BCUT2D eigenvalue weighted by molar-refractivity contribution is 0.313. The van der Waals surface area contributed by atoms with Gasteiger partial charge in [0.05, 0.1) is 0 Å². The minimum atomic E-state index is 0.370. The van der Waals surface area contributed by atoms with Crippen LogP contribution in [0.5, 0.6) is 0 Å². The number of hydrogen-bond donors (Lipinski definition) is 0. The fourth-order valence-electron chi connectivity index (χ4n) is 2.50. The van der Waals surface area contributed by atoms with Gasteiger partial charge in [0.2, 0.25) is 0 Å². The minimum absolute atomic E-state index is 0.370. The maximum atomic E-state index is 2.49. The second-order valence-electron chi connectivity index (χ2n) is 6.69. The molecule has 1 aromatic carbocycles. The second-order valence-corrected chi connectivity index (χ2v) is 6.69. The maximum Gasteiger partial charge on any atom is 0.0367 e. The van der Waals surface area contributed by atoms with Gasteiger partial charge in [0.1, 0.15) is 0 Å². The van der Waals surface area contributed by atoms with E-state index < -0.39 is 0 Å². The van der Waals surface area contributed by atoms with E-state index >= 15 is 0 Å². The summed E-state index contributed by atoms with van der Waals surface area (Å²) in [5, 5.41) is 0. The van der Waals surface area contributed by atoms with Crippen LogP contribution in [0.25, 0.3) is 0 Å². The van der Waals surface area contributed by atoms with Gasteiger partial charge < -0.3 is 9.80 Å². The largest absolute Gasteiger partial charge is 0.369 e. The first-order chi connectivity index (χ1) is 8.44. The molecule has 1 saturated heterocycles. The molecule has 0 saturated carbocycles. The van der Waals surface area contributed by atoms with Gasteiger partial charge in [-0.1, -0.05) is 32.9 Å². The van der Waals surface area contributed by atoms with Gasteiger partial charge in [-0.15, -0.1) is 0 Å². The van der Waals surface area contributed by atoms with Crippen LogP contribution >= 0.6 is 0 Å². The molecule has 1 aliphatic heterocycles. The van der Waals surface area contributed by atoms with Crippen LogP contribution in [0, 0.1) is 5.41 Å². The molecule has 0 atom stereocenters. The molecule has 100 valence electrons. The first kappa shape index (κ1) is 13.4. The predicted octanol–water partition coefficient (Wildman–Crippen LogP) is 3.03. The molecule has 0 radical (unpaired) electrons. The molecule has 2 rings (SSSR count). The van der Waals surface area contributed by atoms with Crippen molar-refractivity contribution in [2.75, 3.05) is 38.1 Å². The van der Waals surface area contributed by atoms with Crippen molar-refractivity contribution in [3.63, 3.8) is 0 Å². The molecule has 18 heavy (non-hydrogen) atoms. The van der Waals surface area contributed by atoms with Crippen LogP contribution in [0.2, 0.25) is 0 Å². The van der Waals surface area contributed by atoms with Crippen molar-refractivity contribution in [1.82, 2.24) is 4.90 Å². The highest BCUT2D eigenvalue weighted by Crippen LogP contribution is 2.23. The number of anilines is 1. The monoisotopic (exact) mass is 246 g/mol. The Morgan fingerprint density at radius 2 is 1.50 bits per heavy atom. The summed E-state index contributed by atoms with van der Waals surface area (Å²) >= 11 is 0. The average Bonchev–Trinajstić information content (AvgIpc) is 2.29. The standard InChI is InChI=1S/C16H26N2/c1-16(2,3)13-14-5-7-15(8-6-14)18-11-9-17(4)10-12-18/h5-8H,9-13H2,1-4H3. The van der Waals surface area contributed by atoms with E-state index in [2.05, 4.69) is 61.9 Å². The number of piperazine rings is 1. The summed E-state index contributed by atoms with van der Waals surface area (Å²) in [6.45, 7) is 11.5. The van der Waals surface area contributed by atoms with Gasteiger partial charge in [-0.25, -0.2) is 0 Å². The number of likely N-dealkylation sites (N-methyl/N-ethyl adjacent to an activating group) is 1. The highest BCUT2D eigenvalue weighted by molar-refractivity contribution is 5.48. The zero-order valence-electron chi connectivity index (χ0n) is 12.2. The third-order valence-electron chi connectivity index (χ3n) is 3.54. The van der Waals surface area contributed by atoms with E-state index in [0.29, 0.717) is 5.41 Å². The van der Waals surface area contributed by atoms with E-state index in [4.69, 9.17) is 0 Å². The number of benzene rings is 1.